The van der Waals surface area contributed by atoms with E-state index in [1.54, 1.807) is 47.0 Å². The normalized spacial score (nSPS) is 22.2. The van der Waals surface area contributed by atoms with Gasteiger partial charge in [0, 0.05) is 23.5 Å². The number of halogens is 6. The zero-order valence-corrected chi connectivity index (χ0v) is 25.6. The third-order valence-corrected chi connectivity index (χ3v) is 9.14. The number of hydrogen-bond donors (Lipinski definition) is 0. The van der Waals surface area contributed by atoms with Gasteiger partial charge in [-0.25, -0.2) is 0 Å². The van der Waals surface area contributed by atoms with Crippen LogP contribution in [0.25, 0.3) is 33.8 Å². The Morgan fingerprint density at radius 2 is 1.40 bits per heavy atom. The summed E-state index contributed by atoms with van der Waals surface area (Å²) in [4.78, 5) is 0. The van der Waals surface area contributed by atoms with Crippen LogP contribution in [0.2, 0.25) is 0 Å². The quantitative estimate of drug-likeness (QED) is 0.175. The lowest BCUT2D eigenvalue weighted by molar-refractivity contribution is -0.274. The van der Waals surface area contributed by atoms with Gasteiger partial charge >= 0.3 is 12.5 Å². The van der Waals surface area contributed by atoms with Crippen LogP contribution in [0.1, 0.15) is 36.5 Å². The van der Waals surface area contributed by atoms with Gasteiger partial charge in [-0.15, -0.1) is 33.6 Å². The first kappa shape index (κ1) is 31.6. The maximum absolute atomic E-state index is 13.3. The van der Waals surface area contributed by atoms with Crippen molar-refractivity contribution in [3.8, 4) is 34.3 Å². The molecule has 8 rings (SSSR count). The molecule has 2 aliphatic rings. The number of nitriles is 1. The maximum atomic E-state index is 13.3. The predicted octanol–water partition coefficient (Wildman–Crippen LogP) is 6.38. The van der Waals surface area contributed by atoms with Crippen LogP contribution in [0.3, 0.4) is 0 Å². The van der Waals surface area contributed by atoms with Gasteiger partial charge in [0.15, 0.2) is 17.1 Å². The van der Waals surface area contributed by atoms with Crippen LogP contribution in [0.15, 0.2) is 72.8 Å². The van der Waals surface area contributed by atoms with E-state index in [-0.39, 0.29) is 29.5 Å². The third kappa shape index (κ3) is 5.74. The molecule has 2 aromatic carbocycles. The van der Waals surface area contributed by atoms with Crippen molar-refractivity contribution in [1.82, 2.24) is 39.6 Å². The van der Waals surface area contributed by atoms with Crippen molar-refractivity contribution in [2.75, 3.05) is 0 Å². The second-order valence-corrected chi connectivity index (χ2v) is 12.2. The highest BCUT2D eigenvalue weighted by Crippen LogP contribution is 2.58. The minimum absolute atomic E-state index is 0.0258. The lowest BCUT2D eigenvalue weighted by Crippen LogP contribution is -2.20. The summed E-state index contributed by atoms with van der Waals surface area (Å²) in [6.45, 7) is 0. The molecule has 1 saturated heterocycles. The molecule has 4 aromatic heterocycles. The molecule has 0 bridgehead atoms. The molecular formula is C33H23F6N9O2. The van der Waals surface area contributed by atoms with Crippen LogP contribution < -0.4 is 4.74 Å². The summed E-state index contributed by atoms with van der Waals surface area (Å²) >= 11 is 0. The van der Waals surface area contributed by atoms with Crippen LogP contribution in [-0.2, 0) is 22.7 Å². The second-order valence-electron chi connectivity index (χ2n) is 12.2. The van der Waals surface area contributed by atoms with E-state index in [1.807, 2.05) is 0 Å². The van der Waals surface area contributed by atoms with Crippen LogP contribution in [0, 0.1) is 17.2 Å². The lowest BCUT2D eigenvalue weighted by atomic mass is 9.91. The first-order valence-corrected chi connectivity index (χ1v) is 15.4. The third-order valence-electron chi connectivity index (χ3n) is 9.14. The maximum Gasteiger partial charge on any atom is 0.573 e. The molecule has 11 nitrogen and oxygen atoms in total. The molecule has 0 N–H and O–H groups in total. The summed E-state index contributed by atoms with van der Waals surface area (Å²) in [7, 11) is 0. The van der Waals surface area contributed by atoms with E-state index in [0.717, 1.165) is 18.4 Å². The lowest BCUT2D eigenvalue weighted by Gasteiger charge is -2.16. The van der Waals surface area contributed by atoms with Gasteiger partial charge in [0.2, 0.25) is 0 Å². The number of hydrogen-bond acceptors (Lipinski definition) is 9. The summed E-state index contributed by atoms with van der Waals surface area (Å²) in [5.41, 5.74) is 2.47. The van der Waals surface area contributed by atoms with Crippen LogP contribution in [0.5, 0.6) is 5.75 Å². The zero-order chi connectivity index (χ0) is 34.8. The van der Waals surface area contributed by atoms with E-state index < -0.39 is 23.8 Å². The number of benzene rings is 2. The molecule has 2 fully saturated rings. The number of fused-ring (bicyclic) bond motifs is 2. The summed E-state index contributed by atoms with van der Waals surface area (Å²) in [6, 6.07) is 21.3. The minimum atomic E-state index is -4.79. The summed E-state index contributed by atoms with van der Waals surface area (Å²) < 4.78 is 90.3. The van der Waals surface area contributed by atoms with Gasteiger partial charge in [-0.2, -0.15) is 37.7 Å². The highest BCUT2D eigenvalue weighted by atomic mass is 19.4. The van der Waals surface area contributed by atoms with Gasteiger partial charge in [-0.1, -0.05) is 24.3 Å². The number of nitrogens with zero attached hydrogens (tertiary/aromatic N) is 9. The van der Waals surface area contributed by atoms with Gasteiger partial charge in [0.05, 0.1) is 35.1 Å². The van der Waals surface area contributed by atoms with Crippen molar-refractivity contribution in [1.29, 1.82) is 5.26 Å². The van der Waals surface area contributed by atoms with Crippen LogP contribution in [0.4, 0.5) is 26.3 Å². The van der Waals surface area contributed by atoms with Gasteiger partial charge in [0.25, 0.3) is 5.82 Å². The van der Waals surface area contributed by atoms with E-state index in [2.05, 4.69) is 41.4 Å². The van der Waals surface area contributed by atoms with Crippen molar-refractivity contribution in [3.05, 3.63) is 90.0 Å². The molecule has 254 valence electrons. The topological polar surface area (TPSA) is 128 Å². The number of ether oxygens (including phenoxy) is 2. The molecule has 0 amide bonds. The van der Waals surface area contributed by atoms with E-state index >= 15 is 0 Å². The van der Waals surface area contributed by atoms with Gasteiger partial charge in [0.1, 0.15) is 5.75 Å². The van der Waals surface area contributed by atoms with E-state index in [9.17, 15) is 31.6 Å². The van der Waals surface area contributed by atoms with Crippen molar-refractivity contribution in [3.63, 3.8) is 0 Å². The Kier molecular flexibility index (Phi) is 7.26. The first-order chi connectivity index (χ1) is 23.9. The Balaban J connectivity index is 0.944. The smallest absolute Gasteiger partial charge is 0.406 e. The Morgan fingerprint density at radius 3 is 2.04 bits per heavy atom. The highest BCUT2D eigenvalue weighted by Gasteiger charge is 2.61. The van der Waals surface area contributed by atoms with Gasteiger partial charge in [-0.05, 0) is 73.4 Å². The number of aromatic nitrogens is 8. The van der Waals surface area contributed by atoms with Crippen molar-refractivity contribution >= 4 is 11.3 Å². The molecule has 1 aliphatic heterocycles. The fourth-order valence-electron chi connectivity index (χ4n) is 6.64. The molecular weight excluding hydrogens is 668 g/mol. The minimum Gasteiger partial charge on any atom is -0.406 e. The average Bonchev–Trinajstić information content (AvgIpc) is 3.39. The fraction of sp³-hybridized carbons (Fsp3) is 0.303. The standard InChI is InChI=1S/C33H23F6N9O2/c34-32(35,36)30-44-42-28-14-11-25(46-48(28)30)18-1-5-20(6-2-18)31(17-40)16-23(31)26-12-9-22(49-26)15-29-43-41-27-13-10-24(45-47(27)29)19-3-7-21(8-4-19)50-33(37,38)39/h1-8,10-11,13-14,22-23,26H,9,12,15-16H2. The van der Waals surface area contributed by atoms with E-state index in [4.69, 9.17) is 4.74 Å². The predicted molar refractivity (Wildman–Crippen MR) is 161 cm³/mol. The molecule has 50 heavy (non-hydrogen) atoms. The second kappa shape index (κ2) is 11.5. The van der Waals surface area contributed by atoms with E-state index in [1.165, 1.54) is 30.3 Å². The Morgan fingerprint density at radius 1 is 0.780 bits per heavy atom. The first-order valence-electron chi connectivity index (χ1n) is 15.4. The molecule has 6 aromatic rings. The number of alkyl halides is 6. The molecule has 0 spiro atoms. The van der Waals surface area contributed by atoms with Crippen molar-refractivity contribution in [2.24, 2.45) is 5.92 Å². The van der Waals surface area contributed by atoms with Gasteiger partial charge in [-0.3, -0.25) is 0 Å². The molecule has 4 atom stereocenters. The van der Waals surface area contributed by atoms with Crippen LogP contribution >= 0.6 is 0 Å². The summed E-state index contributed by atoms with van der Waals surface area (Å²) in [5, 5.41) is 34.2. The Hall–Kier alpha value is -5.63. The monoisotopic (exact) mass is 691 g/mol. The highest BCUT2D eigenvalue weighted by molar-refractivity contribution is 5.62. The van der Waals surface area contributed by atoms with Crippen molar-refractivity contribution in [2.45, 2.75) is 55.8 Å². The molecule has 17 heteroatoms. The Labute approximate surface area is 278 Å². The molecule has 5 heterocycles. The molecule has 1 saturated carbocycles. The largest absolute Gasteiger partial charge is 0.573 e. The average molecular weight is 692 g/mol. The number of rotatable bonds is 7. The zero-order valence-electron chi connectivity index (χ0n) is 25.6. The SMILES string of the molecule is N#CC1(c2ccc(-c3ccc4nnc(C(F)(F)F)n4n3)cc2)CC1C1CCC(Cc2nnc3ccc(-c4ccc(OC(F)(F)F)cc4)nn23)O1. The molecule has 0 radical (unpaired) electrons. The van der Waals surface area contributed by atoms with Crippen LogP contribution in [-0.4, -0.2) is 58.2 Å². The Bertz CT molecular complexity index is 2260. The van der Waals surface area contributed by atoms with Gasteiger partial charge < -0.3 is 9.47 Å². The van der Waals surface area contributed by atoms with Crippen molar-refractivity contribution < 1.29 is 35.8 Å². The summed E-state index contributed by atoms with van der Waals surface area (Å²) in [5.74, 6) is -1.04. The van der Waals surface area contributed by atoms with E-state index in [0.29, 0.717) is 51.3 Å². The molecule has 4 unspecified atom stereocenters. The fourth-order valence-corrected chi connectivity index (χ4v) is 6.64. The summed E-state index contributed by atoms with van der Waals surface area (Å²) in [6.07, 6.45) is -7.38. The molecule has 1 aliphatic carbocycles.